The molecular formula is C20H12N2O4S2. The second kappa shape index (κ2) is 7.06. The highest BCUT2D eigenvalue weighted by molar-refractivity contribution is 8.27. The largest absolute Gasteiger partial charge is 0.507 e. The fourth-order valence-corrected chi connectivity index (χ4v) is 4.21. The molecule has 0 spiro atoms. The lowest BCUT2D eigenvalue weighted by Gasteiger charge is -2.15. The Bertz CT molecular complexity index is 1180. The van der Waals surface area contributed by atoms with Gasteiger partial charge in [0.2, 0.25) is 0 Å². The molecule has 0 aliphatic carbocycles. The van der Waals surface area contributed by atoms with Gasteiger partial charge in [-0.3, -0.25) is 14.7 Å². The molecule has 3 aromatic rings. The number of carboxylic acids is 1. The average molecular weight is 408 g/mol. The molecule has 1 aliphatic rings. The number of aromatic carboxylic acids is 1. The third kappa shape index (κ3) is 3.12. The van der Waals surface area contributed by atoms with Gasteiger partial charge in [-0.25, -0.2) is 4.79 Å². The monoisotopic (exact) mass is 408 g/mol. The van der Waals surface area contributed by atoms with Crippen molar-refractivity contribution >= 4 is 62.8 Å². The number of fused-ring (bicyclic) bond motifs is 1. The van der Waals surface area contributed by atoms with Crippen LogP contribution in [0, 0.1) is 0 Å². The zero-order valence-electron chi connectivity index (χ0n) is 14.2. The zero-order valence-corrected chi connectivity index (χ0v) is 15.8. The smallest absolute Gasteiger partial charge is 0.339 e. The van der Waals surface area contributed by atoms with Crippen molar-refractivity contribution in [2.24, 2.45) is 0 Å². The Morgan fingerprint density at radius 2 is 1.96 bits per heavy atom. The molecule has 4 rings (SSSR count). The number of para-hydroxylation sites is 1. The molecule has 0 radical (unpaired) electrons. The SMILES string of the molecule is O=C(O)c1ccc(N2C(=O)/C(=C/c3ccnc4ccccc34)SC2=S)cc1O. The first-order valence-corrected chi connectivity index (χ1v) is 9.36. The Hall–Kier alpha value is -3.23. The van der Waals surface area contributed by atoms with Crippen LogP contribution in [0.15, 0.2) is 59.6 Å². The maximum atomic E-state index is 12.9. The highest BCUT2D eigenvalue weighted by Gasteiger charge is 2.34. The standard InChI is InChI=1S/C20H12N2O4S2/c23-16-10-12(5-6-14(16)19(25)26)22-18(24)17(28-20(22)27)9-11-7-8-21-15-4-2-1-3-13(11)15/h1-10,23H,(H,25,26)/b17-9-. The Morgan fingerprint density at radius 1 is 1.18 bits per heavy atom. The number of carboxylic acid groups (broad SMARTS) is 1. The summed E-state index contributed by atoms with van der Waals surface area (Å²) in [7, 11) is 0. The summed E-state index contributed by atoms with van der Waals surface area (Å²) in [4.78, 5) is 30.0. The predicted molar refractivity (Wildman–Crippen MR) is 112 cm³/mol. The number of carbonyl (C=O) groups is 2. The predicted octanol–water partition coefficient (Wildman–Crippen LogP) is 4.04. The molecule has 1 aromatic heterocycles. The highest BCUT2D eigenvalue weighted by Crippen LogP contribution is 2.38. The quantitative estimate of drug-likeness (QED) is 0.499. The molecule has 0 bridgehead atoms. The van der Waals surface area contributed by atoms with Crippen molar-refractivity contribution in [2.75, 3.05) is 4.90 Å². The number of phenols is 1. The molecule has 0 atom stereocenters. The number of rotatable bonds is 3. The highest BCUT2D eigenvalue weighted by atomic mass is 32.2. The number of amides is 1. The van der Waals surface area contributed by atoms with Gasteiger partial charge in [-0.2, -0.15) is 0 Å². The molecule has 8 heteroatoms. The first kappa shape index (κ1) is 18.1. The number of thioether (sulfide) groups is 1. The van der Waals surface area contributed by atoms with E-state index in [1.54, 1.807) is 12.3 Å². The fourth-order valence-electron chi connectivity index (χ4n) is 2.92. The van der Waals surface area contributed by atoms with Crippen LogP contribution in [-0.4, -0.2) is 31.4 Å². The molecule has 0 saturated carbocycles. The summed E-state index contributed by atoms with van der Waals surface area (Å²) in [5.74, 6) is -2.01. The van der Waals surface area contributed by atoms with Gasteiger partial charge in [-0.1, -0.05) is 42.2 Å². The minimum Gasteiger partial charge on any atom is -0.507 e. The first-order valence-electron chi connectivity index (χ1n) is 8.14. The molecule has 1 fully saturated rings. The molecule has 2 N–H and O–H groups in total. The number of carbonyl (C=O) groups excluding carboxylic acids is 1. The minimum absolute atomic E-state index is 0.243. The van der Waals surface area contributed by atoms with Gasteiger partial charge in [0.1, 0.15) is 11.3 Å². The van der Waals surface area contributed by atoms with E-state index in [1.807, 2.05) is 30.3 Å². The van der Waals surface area contributed by atoms with E-state index in [4.69, 9.17) is 17.3 Å². The molecule has 2 heterocycles. The van der Waals surface area contributed by atoms with E-state index in [2.05, 4.69) is 4.98 Å². The number of aromatic hydroxyl groups is 1. The van der Waals surface area contributed by atoms with E-state index in [-0.39, 0.29) is 11.5 Å². The molecule has 1 saturated heterocycles. The summed E-state index contributed by atoms with van der Waals surface area (Å²) in [5, 5.41) is 19.9. The summed E-state index contributed by atoms with van der Waals surface area (Å²) in [6.07, 6.45) is 3.44. The number of aromatic nitrogens is 1. The number of thiocarbonyl (C=S) groups is 1. The lowest BCUT2D eigenvalue weighted by molar-refractivity contribution is -0.113. The normalized spacial score (nSPS) is 15.6. The minimum atomic E-state index is -1.25. The van der Waals surface area contributed by atoms with Gasteiger partial charge in [-0.05, 0) is 35.9 Å². The van der Waals surface area contributed by atoms with Gasteiger partial charge in [0, 0.05) is 17.6 Å². The topological polar surface area (TPSA) is 90.7 Å². The van der Waals surface area contributed by atoms with E-state index in [1.165, 1.54) is 23.1 Å². The number of nitrogens with zero attached hydrogens (tertiary/aromatic N) is 2. The second-order valence-corrected chi connectivity index (χ2v) is 7.62. The summed E-state index contributed by atoms with van der Waals surface area (Å²) in [5.41, 5.74) is 1.73. The van der Waals surface area contributed by atoms with Gasteiger partial charge < -0.3 is 10.2 Å². The Balaban J connectivity index is 1.72. The summed E-state index contributed by atoms with van der Waals surface area (Å²) < 4.78 is 0.303. The molecule has 1 aliphatic heterocycles. The fraction of sp³-hybridized carbons (Fsp3) is 0. The van der Waals surface area contributed by atoms with Crippen molar-refractivity contribution in [3.8, 4) is 5.75 Å². The molecular weight excluding hydrogens is 396 g/mol. The van der Waals surface area contributed by atoms with Crippen molar-refractivity contribution in [3.63, 3.8) is 0 Å². The molecule has 2 aromatic carbocycles. The third-order valence-electron chi connectivity index (χ3n) is 4.23. The van der Waals surface area contributed by atoms with Gasteiger partial charge in [-0.15, -0.1) is 0 Å². The Labute approximate surface area is 169 Å². The van der Waals surface area contributed by atoms with Crippen molar-refractivity contribution in [1.29, 1.82) is 0 Å². The van der Waals surface area contributed by atoms with Crippen LogP contribution in [-0.2, 0) is 4.79 Å². The Kier molecular flexibility index (Phi) is 4.58. The average Bonchev–Trinajstić information content (AvgIpc) is 2.95. The molecule has 1 amide bonds. The number of hydrogen-bond acceptors (Lipinski definition) is 6. The van der Waals surface area contributed by atoms with Gasteiger partial charge in [0.05, 0.1) is 16.1 Å². The summed E-state index contributed by atoms with van der Waals surface area (Å²) in [6, 6.07) is 13.3. The van der Waals surface area contributed by atoms with Gasteiger partial charge in [0.15, 0.2) is 4.32 Å². The van der Waals surface area contributed by atoms with Crippen molar-refractivity contribution in [2.45, 2.75) is 0 Å². The van der Waals surface area contributed by atoms with Crippen LogP contribution in [0.25, 0.3) is 17.0 Å². The summed E-state index contributed by atoms with van der Waals surface area (Å²) in [6.45, 7) is 0. The van der Waals surface area contributed by atoms with Crippen LogP contribution in [0.5, 0.6) is 5.75 Å². The maximum absolute atomic E-state index is 12.9. The lowest BCUT2D eigenvalue weighted by atomic mass is 10.1. The van der Waals surface area contributed by atoms with Crippen molar-refractivity contribution < 1.29 is 19.8 Å². The maximum Gasteiger partial charge on any atom is 0.339 e. The first-order chi connectivity index (χ1) is 13.5. The summed E-state index contributed by atoms with van der Waals surface area (Å²) >= 11 is 6.48. The number of pyridine rings is 1. The molecule has 138 valence electrons. The van der Waals surface area contributed by atoms with Crippen LogP contribution in [0.1, 0.15) is 15.9 Å². The van der Waals surface area contributed by atoms with Crippen molar-refractivity contribution in [3.05, 3.63) is 70.8 Å². The van der Waals surface area contributed by atoms with Crippen LogP contribution in [0.3, 0.4) is 0 Å². The van der Waals surface area contributed by atoms with Crippen LogP contribution < -0.4 is 4.90 Å². The van der Waals surface area contributed by atoms with Gasteiger partial charge in [0.25, 0.3) is 5.91 Å². The number of hydrogen-bond donors (Lipinski definition) is 2. The van der Waals surface area contributed by atoms with E-state index in [0.717, 1.165) is 28.2 Å². The van der Waals surface area contributed by atoms with E-state index in [0.29, 0.717) is 14.9 Å². The number of anilines is 1. The second-order valence-electron chi connectivity index (χ2n) is 5.94. The molecule has 0 unspecified atom stereocenters. The Morgan fingerprint density at radius 3 is 2.71 bits per heavy atom. The van der Waals surface area contributed by atoms with Crippen molar-refractivity contribution in [1.82, 2.24) is 4.98 Å². The van der Waals surface area contributed by atoms with Crippen LogP contribution >= 0.6 is 24.0 Å². The molecule has 28 heavy (non-hydrogen) atoms. The lowest BCUT2D eigenvalue weighted by Crippen LogP contribution is -2.27. The van der Waals surface area contributed by atoms with E-state index < -0.39 is 11.7 Å². The van der Waals surface area contributed by atoms with E-state index in [9.17, 15) is 14.7 Å². The third-order valence-corrected chi connectivity index (χ3v) is 5.54. The van der Waals surface area contributed by atoms with E-state index >= 15 is 0 Å². The van der Waals surface area contributed by atoms with Crippen LogP contribution in [0.4, 0.5) is 5.69 Å². The van der Waals surface area contributed by atoms with Gasteiger partial charge >= 0.3 is 5.97 Å². The zero-order chi connectivity index (χ0) is 19.8. The van der Waals surface area contributed by atoms with Crippen LogP contribution in [0.2, 0.25) is 0 Å². The number of benzene rings is 2. The molecule has 6 nitrogen and oxygen atoms in total.